The van der Waals surface area contributed by atoms with E-state index in [2.05, 4.69) is 10.3 Å². The molecule has 5 rings (SSSR count). The first kappa shape index (κ1) is 22.4. The zero-order chi connectivity index (χ0) is 23.4. The number of rotatable bonds is 5. The molecule has 0 saturated carbocycles. The predicted octanol–water partition coefficient (Wildman–Crippen LogP) is 2.19. The highest BCUT2D eigenvalue weighted by Crippen LogP contribution is 2.47. The quantitative estimate of drug-likeness (QED) is 0.623. The van der Waals surface area contributed by atoms with Crippen LogP contribution in [0.25, 0.3) is 0 Å². The summed E-state index contributed by atoms with van der Waals surface area (Å²) in [4.78, 5) is 12.9. The molecule has 3 fully saturated rings. The van der Waals surface area contributed by atoms with Gasteiger partial charge in [0.05, 0.1) is 18.8 Å². The van der Waals surface area contributed by atoms with Crippen LogP contribution in [0.5, 0.6) is 0 Å². The molecule has 0 radical (unpaired) electrons. The Bertz CT molecular complexity index is 1040. The van der Waals surface area contributed by atoms with Crippen molar-refractivity contribution in [3.63, 3.8) is 0 Å². The van der Waals surface area contributed by atoms with Crippen molar-refractivity contribution in [3.05, 3.63) is 47.3 Å². The van der Waals surface area contributed by atoms with Crippen molar-refractivity contribution in [1.29, 1.82) is 0 Å². The molecular formula is C23H29N3O7. The summed E-state index contributed by atoms with van der Waals surface area (Å²) < 4.78 is 37.6. The van der Waals surface area contributed by atoms with E-state index in [0.717, 1.165) is 5.56 Å². The van der Waals surface area contributed by atoms with E-state index in [0.29, 0.717) is 12.2 Å². The number of aromatic nitrogens is 3. The lowest BCUT2D eigenvalue weighted by molar-refractivity contribution is -0.293. The lowest BCUT2D eigenvalue weighted by Gasteiger charge is -2.40. The van der Waals surface area contributed by atoms with E-state index in [9.17, 15) is 4.79 Å². The van der Waals surface area contributed by atoms with Crippen molar-refractivity contribution in [1.82, 2.24) is 15.0 Å². The van der Waals surface area contributed by atoms with Crippen LogP contribution in [0.1, 0.15) is 49.4 Å². The maximum absolute atomic E-state index is 12.9. The fraction of sp³-hybridized carbons (Fsp3) is 0.609. The third kappa shape index (κ3) is 4.17. The van der Waals surface area contributed by atoms with Crippen molar-refractivity contribution >= 4 is 5.97 Å². The standard InChI is InChI=1S/C23H29N3O7/c1-14-17(24-25-26(14)11-15-9-7-6-8-10-15)20(27)28-13-23-19(32-22(4,5)33-23)18-16(12-29-23)30-21(2,3)31-18/h6-10,16,18-19H,11-13H2,1-5H3/t16-,18-,19+,23+/m1/s1. The Morgan fingerprint density at radius 3 is 2.64 bits per heavy atom. The van der Waals surface area contributed by atoms with Gasteiger partial charge < -0.3 is 28.4 Å². The second kappa shape index (κ2) is 7.85. The molecule has 3 saturated heterocycles. The van der Waals surface area contributed by atoms with Crippen LogP contribution < -0.4 is 0 Å². The van der Waals surface area contributed by atoms with Crippen LogP contribution in [0.3, 0.4) is 0 Å². The van der Waals surface area contributed by atoms with Crippen LogP contribution in [0.4, 0.5) is 0 Å². The number of nitrogens with zero attached hydrogens (tertiary/aromatic N) is 3. The number of esters is 1. The maximum atomic E-state index is 12.9. The number of ether oxygens (including phenoxy) is 6. The number of benzene rings is 1. The van der Waals surface area contributed by atoms with Gasteiger partial charge in [-0.2, -0.15) is 0 Å². The van der Waals surface area contributed by atoms with Crippen molar-refractivity contribution < 1.29 is 33.2 Å². The second-order valence-electron chi connectivity index (χ2n) is 9.54. The topological polar surface area (TPSA) is 103 Å². The molecule has 0 N–H and O–H groups in total. The molecule has 1 aromatic carbocycles. The van der Waals surface area contributed by atoms with Gasteiger partial charge in [-0.15, -0.1) is 5.10 Å². The number of carbonyl (C=O) groups is 1. The van der Waals surface area contributed by atoms with Gasteiger partial charge in [-0.05, 0) is 40.2 Å². The maximum Gasteiger partial charge on any atom is 0.361 e. The molecule has 178 valence electrons. The van der Waals surface area contributed by atoms with Crippen molar-refractivity contribution in [3.8, 4) is 0 Å². The van der Waals surface area contributed by atoms with E-state index in [1.54, 1.807) is 25.5 Å². The summed E-state index contributed by atoms with van der Waals surface area (Å²) in [7, 11) is 0. The molecule has 0 amide bonds. The molecule has 0 aliphatic carbocycles. The minimum atomic E-state index is -1.31. The summed E-state index contributed by atoms with van der Waals surface area (Å²) in [5, 5.41) is 8.16. The molecule has 4 atom stereocenters. The van der Waals surface area contributed by atoms with Crippen LogP contribution >= 0.6 is 0 Å². The third-order valence-electron chi connectivity index (χ3n) is 6.03. The molecule has 2 aromatic rings. The lowest BCUT2D eigenvalue weighted by Crippen LogP contribution is -2.60. The van der Waals surface area contributed by atoms with Gasteiger partial charge in [0.1, 0.15) is 24.9 Å². The summed E-state index contributed by atoms with van der Waals surface area (Å²) in [5.41, 5.74) is 1.81. The summed E-state index contributed by atoms with van der Waals surface area (Å²) in [6, 6.07) is 9.82. The number of hydrogen-bond donors (Lipinski definition) is 0. The molecule has 0 spiro atoms. The Labute approximate surface area is 192 Å². The molecule has 3 aliphatic heterocycles. The Morgan fingerprint density at radius 2 is 1.88 bits per heavy atom. The van der Waals surface area contributed by atoms with Gasteiger partial charge in [0.2, 0.25) is 5.79 Å². The SMILES string of the molecule is Cc1c(C(=O)OC[C@@]23OC[C@H]4OC(C)(C)O[C@H]4[C@@H]2OC(C)(C)O3)nnn1Cc1ccccc1. The van der Waals surface area contributed by atoms with Crippen molar-refractivity contribution in [2.45, 2.75) is 76.8 Å². The van der Waals surface area contributed by atoms with Crippen LogP contribution in [0.2, 0.25) is 0 Å². The van der Waals surface area contributed by atoms with Gasteiger partial charge in [-0.1, -0.05) is 35.5 Å². The molecule has 4 heterocycles. The smallest absolute Gasteiger partial charge is 0.361 e. The van der Waals surface area contributed by atoms with Crippen LogP contribution in [0.15, 0.2) is 30.3 Å². The highest BCUT2D eigenvalue weighted by Gasteiger charge is 2.66. The first-order valence-corrected chi connectivity index (χ1v) is 11.1. The lowest BCUT2D eigenvalue weighted by atomic mass is 9.97. The zero-order valence-corrected chi connectivity index (χ0v) is 19.4. The second-order valence-corrected chi connectivity index (χ2v) is 9.54. The first-order chi connectivity index (χ1) is 15.6. The average Bonchev–Trinajstić information content (AvgIpc) is 3.36. The summed E-state index contributed by atoms with van der Waals surface area (Å²) in [6.45, 7) is 9.59. The van der Waals surface area contributed by atoms with Crippen molar-refractivity contribution in [2.75, 3.05) is 13.2 Å². The van der Waals surface area contributed by atoms with Gasteiger partial charge in [0, 0.05) is 0 Å². The Kier molecular flexibility index (Phi) is 5.33. The number of carbonyl (C=O) groups excluding carboxylic acids is 1. The van der Waals surface area contributed by atoms with E-state index >= 15 is 0 Å². The molecule has 1 aromatic heterocycles. The number of fused-ring (bicyclic) bond motifs is 3. The van der Waals surface area contributed by atoms with Crippen LogP contribution in [-0.4, -0.2) is 69.9 Å². The molecular weight excluding hydrogens is 430 g/mol. The molecule has 0 bridgehead atoms. The zero-order valence-electron chi connectivity index (χ0n) is 19.4. The molecule has 10 nitrogen and oxygen atoms in total. The summed E-state index contributed by atoms with van der Waals surface area (Å²) in [5.74, 6) is -3.63. The summed E-state index contributed by atoms with van der Waals surface area (Å²) in [6.07, 6.45) is -1.34. The Morgan fingerprint density at radius 1 is 1.12 bits per heavy atom. The summed E-state index contributed by atoms with van der Waals surface area (Å²) >= 11 is 0. The van der Waals surface area contributed by atoms with Gasteiger partial charge in [-0.3, -0.25) is 0 Å². The normalized spacial score (nSPS) is 31.7. The van der Waals surface area contributed by atoms with E-state index in [-0.39, 0.29) is 25.0 Å². The largest absolute Gasteiger partial charge is 0.455 e. The molecule has 3 aliphatic rings. The monoisotopic (exact) mass is 459 g/mol. The minimum Gasteiger partial charge on any atom is -0.455 e. The van der Waals surface area contributed by atoms with Crippen molar-refractivity contribution in [2.24, 2.45) is 0 Å². The third-order valence-corrected chi connectivity index (χ3v) is 6.03. The average molecular weight is 459 g/mol. The van der Waals surface area contributed by atoms with Gasteiger partial charge in [0.25, 0.3) is 0 Å². The molecule has 0 unspecified atom stereocenters. The fourth-order valence-corrected chi connectivity index (χ4v) is 4.64. The Hall–Kier alpha value is -2.37. The van der Waals surface area contributed by atoms with E-state index < -0.39 is 35.5 Å². The van der Waals surface area contributed by atoms with Gasteiger partial charge in [0.15, 0.2) is 17.3 Å². The highest BCUT2D eigenvalue weighted by molar-refractivity contribution is 5.88. The fourth-order valence-electron chi connectivity index (χ4n) is 4.64. The predicted molar refractivity (Wildman–Crippen MR) is 113 cm³/mol. The first-order valence-electron chi connectivity index (χ1n) is 11.1. The van der Waals surface area contributed by atoms with Gasteiger partial charge >= 0.3 is 5.97 Å². The van der Waals surface area contributed by atoms with E-state index in [4.69, 9.17) is 28.4 Å². The number of hydrogen-bond acceptors (Lipinski definition) is 9. The highest BCUT2D eigenvalue weighted by atomic mass is 16.9. The minimum absolute atomic E-state index is 0.146. The van der Waals surface area contributed by atoms with Crippen LogP contribution in [0, 0.1) is 6.92 Å². The Balaban J connectivity index is 1.31. The molecule has 33 heavy (non-hydrogen) atoms. The molecule has 10 heteroatoms. The van der Waals surface area contributed by atoms with E-state index in [1.807, 2.05) is 44.2 Å². The van der Waals surface area contributed by atoms with Gasteiger partial charge in [-0.25, -0.2) is 9.48 Å². The van der Waals surface area contributed by atoms with Crippen LogP contribution in [-0.2, 0) is 35.0 Å². The van der Waals surface area contributed by atoms with E-state index in [1.165, 1.54) is 0 Å².